The number of anilines is 2. The molecular formula is C36H32ClFN4O5S2. The molecule has 49 heavy (non-hydrogen) atoms. The summed E-state index contributed by atoms with van der Waals surface area (Å²) in [6.07, 6.45) is 2.86. The van der Waals surface area contributed by atoms with Crippen molar-refractivity contribution in [3.05, 3.63) is 118 Å². The van der Waals surface area contributed by atoms with E-state index in [1.165, 1.54) is 29.8 Å². The van der Waals surface area contributed by atoms with Crippen LogP contribution in [0.1, 0.15) is 17.0 Å². The Kier molecular flexibility index (Phi) is 11.0. The number of ether oxygens (including phenoxy) is 3. The lowest BCUT2D eigenvalue weighted by Gasteiger charge is -2.13. The number of hydrogen-bond acceptors (Lipinski definition) is 10. The highest BCUT2D eigenvalue weighted by atomic mass is 35.5. The van der Waals surface area contributed by atoms with Gasteiger partial charge in [-0.1, -0.05) is 41.9 Å². The molecule has 2 heterocycles. The molecule has 0 fully saturated rings. The minimum Gasteiger partial charge on any atom is -0.496 e. The van der Waals surface area contributed by atoms with Crippen molar-refractivity contribution in [2.45, 2.75) is 24.3 Å². The molecular weight excluding hydrogens is 687 g/mol. The molecule has 0 saturated heterocycles. The fourth-order valence-electron chi connectivity index (χ4n) is 5.06. The summed E-state index contributed by atoms with van der Waals surface area (Å²) in [5.41, 5.74) is 3.61. The maximum absolute atomic E-state index is 13.5. The van der Waals surface area contributed by atoms with Crippen LogP contribution in [0.15, 0.2) is 102 Å². The lowest BCUT2D eigenvalue weighted by molar-refractivity contribution is 0.146. The third-order valence-electron chi connectivity index (χ3n) is 7.54. The van der Waals surface area contributed by atoms with Gasteiger partial charge in [-0.15, -0.1) is 11.3 Å². The van der Waals surface area contributed by atoms with Gasteiger partial charge in [0.1, 0.15) is 36.1 Å². The molecule has 0 aliphatic carbocycles. The van der Waals surface area contributed by atoms with E-state index in [4.69, 9.17) is 30.8 Å². The summed E-state index contributed by atoms with van der Waals surface area (Å²) in [6, 6.07) is 23.7. The molecule has 0 aliphatic rings. The van der Waals surface area contributed by atoms with Gasteiger partial charge in [-0.25, -0.2) is 27.8 Å². The molecule has 0 saturated carbocycles. The monoisotopic (exact) mass is 718 g/mol. The van der Waals surface area contributed by atoms with Crippen molar-refractivity contribution in [2.24, 2.45) is 0 Å². The van der Waals surface area contributed by atoms with Crippen molar-refractivity contribution in [1.29, 1.82) is 0 Å². The van der Waals surface area contributed by atoms with Gasteiger partial charge in [0.2, 0.25) is 0 Å². The molecule has 0 unspecified atom stereocenters. The lowest BCUT2D eigenvalue weighted by atomic mass is 10.1. The SMILES string of the molecule is COc1cc2ncnc(Nc3ccc(OCc4cccc(F)c4)c(Cl)c3)c2cc1-c1csc(CCCOCCS(=O)(=O)c2ccccc2)n1. The van der Waals surface area contributed by atoms with Crippen LogP contribution in [0.3, 0.4) is 0 Å². The largest absolute Gasteiger partial charge is 0.496 e. The summed E-state index contributed by atoms with van der Waals surface area (Å²) in [7, 11) is -1.76. The highest BCUT2D eigenvalue weighted by Gasteiger charge is 2.16. The number of methoxy groups -OCH3 is 1. The van der Waals surface area contributed by atoms with Crippen LogP contribution in [0.5, 0.6) is 11.5 Å². The van der Waals surface area contributed by atoms with E-state index in [1.54, 1.807) is 61.7 Å². The second kappa shape index (κ2) is 15.7. The van der Waals surface area contributed by atoms with Crippen molar-refractivity contribution in [1.82, 2.24) is 15.0 Å². The second-order valence-electron chi connectivity index (χ2n) is 11.0. The molecule has 0 radical (unpaired) electrons. The van der Waals surface area contributed by atoms with Gasteiger partial charge in [-0.3, -0.25) is 0 Å². The van der Waals surface area contributed by atoms with E-state index >= 15 is 0 Å². The van der Waals surface area contributed by atoms with Crippen LogP contribution in [-0.4, -0.2) is 49.4 Å². The van der Waals surface area contributed by atoms with E-state index in [1.807, 2.05) is 23.6 Å². The third-order valence-corrected chi connectivity index (χ3v) is 10.4. The molecule has 0 atom stereocenters. The fraction of sp³-hybridized carbons (Fsp3) is 0.194. The molecule has 4 aromatic carbocycles. The lowest BCUT2D eigenvalue weighted by Crippen LogP contribution is -2.13. The van der Waals surface area contributed by atoms with Crippen LogP contribution < -0.4 is 14.8 Å². The van der Waals surface area contributed by atoms with E-state index < -0.39 is 9.84 Å². The average Bonchev–Trinajstić information content (AvgIpc) is 3.58. The zero-order valence-electron chi connectivity index (χ0n) is 26.4. The molecule has 0 aliphatic heterocycles. The normalized spacial score (nSPS) is 11.5. The minimum atomic E-state index is -3.37. The number of halogens is 2. The Bertz CT molecular complexity index is 2170. The Hall–Kier alpha value is -4.62. The van der Waals surface area contributed by atoms with Crippen LogP contribution in [0.4, 0.5) is 15.9 Å². The van der Waals surface area contributed by atoms with Crippen molar-refractivity contribution < 1.29 is 27.0 Å². The topological polar surface area (TPSA) is 113 Å². The molecule has 13 heteroatoms. The molecule has 1 N–H and O–H groups in total. The highest BCUT2D eigenvalue weighted by molar-refractivity contribution is 7.91. The van der Waals surface area contributed by atoms with Crippen LogP contribution >= 0.6 is 22.9 Å². The van der Waals surface area contributed by atoms with Crippen molar-refractivity contribution in [2.75, 3.05) is 31.4 Å². The number of fused-ring (bicyclic) bond motifs is 1. The van der Waals surface area contributed by atoms with Crippen molar-refractivity contribution in [3.8, 4) is 22.8 Å². The van der Waals surface area contributed by atoms with E-state index in [0.717, 1.165) is 21.7 Å². The van der Waals surface area contributed by atoms with E-state index in [2.05, 4.69) is 15.3 Å². The molecule has 0 spiro atoms. The highest BCUT2D eigenvalue weighted by Crippen LogP contribution is 2.37. The average molecular weight is 719 g/mol. The molecule has 252 valence electrons. The smallest absolute Gasteiger partial charge is 0.180 e. The number of aryl methyl sites for hydroxylation is 1. The summed E-state index contributed by atoms with van der Waals surface area (Å²) in [5, 5.41) is 7.38. The van der Waals surface area contributed by atoms with Crippen LogP contribution in [0.25, 0.3) is 22.2 Å². The Morgan fingerprint density at radius 2 is 1.80 bits per heavy atom. The van der Waals surface area contributed by atoms with Gasteiger partial charge in [0.25, 0.3) is 0 Å². The first-order chi connectivity index (χ1) is 23.8. The predicted octanol–water partition coefficient (Wildman–Crippen LogP) is 8.30. The number of thiazole rings is 1. The Balaban J connectivity index is 1.10. The number of aromatic nitrogens is 3. The molecule has 2 aromatic heterocycles. The molecule has 0 amide bonds. The van der Waals surface area contributed by atoms with Crippen molar-refractivity contribution in [3.63, 3.8) is 0 Å². The standard InChI is InChI=1S/C36H32ClFN4O5S2/c1-45-34-20-31-29(36(40-23-39-31)41-26-12-13-33(30(37)18-26)47-21-24-7-5-8-25(38)17-24)19-28(34)32-22-48-35(42-32)11-6-14-46-15-16-49(43,44)27-9-3-2-4-10-27/h2-5,7-10,12-13,17-20,22-23H,6,11,14-16,21H2,1H3,(H,39,40,41). The molecule has 0 bridgehead atoms. The fourth-order valence-corrected chi connectivity index (χ4v) is 7.28. The van der Waals surface area contributed by atoms with Crippen LogP contribution in [0, 0.1) is 5.82 Å². The number of nitrogens with one attached hydrogen (secondary N) is 1. The Morgan fingerprint density at radius 1 is 0.939 bits per heavy atom. The number of hydrogen-bond donors (Lipinski definition) is 1. The third kappa shape index (κ3) is 8.70. The van der Waals surface area contributed by atoms with Crippen molar-refractivity contribution >= 4 is 55.2 Å². The zero-order valence-corrected chi connectivity index (χ0v) is 28.8. The van der Waals surface area contributed by atoms with E-state index in [9.17, 15) is 12.8 Å². The van der Waals surface area contributed by atoms with Crippen LogP contribution in [-0.2, 0) is 27.6 Å². The first-order valence-electron chi connectivity index (χ1n) is 15.4. The van der Waals surface area contributed by atoms with Gasteiger partial charge in [-0.2, -0.15) is 0 Å². The van der Waals surface area contributed by atoms with Gasteiger partial charge in [0.15, 0.2) is 9.84 Å². The van der Waals surface area contributed by atoms with Crippen LogP contribution in [0.2, 0.25) is 5.02 Å². The van der Waals surface area contributed by atoms with E-state index in [-0.39, 0.29) is 24.8 Å². The summed E-state index contributed by atoms with van der Waals surface area (Å²) in [4.78, 5) is 14.1. The first-order valence-corrected chi connectivity index (χ1v) is 18.3. The number of rotatable bonds is 15. The molecule has 9 nitrogen and oxygen atoms in total. The maximum atomic E-state index is 13.5. The number of nitrogens with zero attached hydrogens (tertiary/aromatic N) is 3. The van der Waals surface area contributed by atoms with Gasteiger partial charge >= 0.3 is 0 Å². The van der Waals surface area contributed by atoms with E-state index in [0.29, 0.717) is 63.5 Å². The Morgan fingerprint density at radius 3 is 2.59 bits per heavy atom. The maximum Gasteiger partial charge on any atom is 0.180 e. The number of benzene rings is 4. The predicted molar refractivity (Wildman–Crippen MR) is 190 cm³/mol. The quantitative estimate of drug-likeness (QED) is 0.105. The van der Waals surface area contributed by atoms with Gasteiger partial charge in [0.05, 0.1) is 45.6 Å². The Labute approximate surface area is 292 Å². The zero-order chi connectivity index (χ0) is 34.2. The van der Waals surface area contributed by atoms with Gasteiger partial charge < -0.3 is 19.5 Å². The second-order valence-corrected chi connectivity index (χ2v) is 14.4. The molecule has 6 rings (SSSR count). The van der Waals surface area contributed by atoms with Gasteiger partial charge in [0, 0.05) is 41.1 Å². The number of sulfone groups is 1. The first kappa shape index (κ1) is 34.3. The summed E-state index contributed by atoms with van der Waals surface area (Å²) in [6.45, 7) is 0.738. The summed E-state index contributed by atoms with van der Waals surface area (Å²) in [5.74, 6) is 1.28. The minimum absolute atomic E-state index is 0.0640. The summed E-state index contributed by atoms with van der Waals surface area (Å²) >= 11 is 8.07. The summed E-state index contributed by atoms with van der Waals surface area (Å²) < 4.78 is 55.6. The van der Waals surface area contributed by atoms with Gasteiger partial charge in [-0.05, 0) is 60.5 Å². The molecule has 6 aromatic rings.